The number of thiazole rings is 1. The number of nitrogens with zero attached hydrogens (tertiary/aromatic N) is 1. The fraction of sp³-hybridized carbons (Fsp3) is 0.100. The molecule has 0 saturated heterocycles. The van der Waals surface area contributed by atoms with Gasteiger partial charge in [-0.2, -0.15) is 0 Å². The number of hydrogen-bond donors (Lipinski definition) is 1. The predicted octanol–water partition coefficient (Wildman–Crippen LogP) is 1.55. The third-order valence-corrected chi connectivity index (χ3v) is 2.74. The zero-order chi connectivity index (χ0) is 9.10. The van der Waals surface area contributed by atoms with Crippen molar-refractivity contribution < 1.29 is 5.73 Å². The molecule has 2 aromatic rings. The lowest BCUT2D eigenvalue weighted by molar-refractivity contribution is -0.386. The summed E-state index contributed by atoms with van der Waals surface area (Å²) in [7, 11) is 0. The molecule has 0 aliphatic rings. The molecular formula is C10H11N2S+. The number of benzene rings is 1. The Kier molecular flexibility index (Phi) is 2.38. The molecule has 1 aromatic carbocycles. The van der Waals surface area contributed by atoms with Gasteiger partial charge in [0, 0.05) is 10.9 Å². The van der Waals surface area contributed by atoms with Gasteiger partial charge < -0.3 is 5.73 Å². The molecule has 3 N–H and O–H groups in total. The van der Waals surface area contributed by atoms with Gasteiger partial charge in [-0.25, -0.2) is 4.98 Å². The van der Waals surface area contributed by atoms with Crippen molar-refractivity contribution in [2.24, 2.45) is 0 Å². The largest absolute Gasteiger partial charge is 0.352 e. The summed E-state index contributed by atoms with van der Waals surface area (Å²) < 4.78 is 0. The van der Waals surface area contributed by atoms with E-state index in [0.717, 1.165) is 17.2 Å². The quantitative estimate of drug-likeness (QED) is 0.768. The SMILES string of the molecule is [NH3+]Cc1nc(-c2ccccc2)cs1. The van der Waals surface area contributed by atoms with Gasteiger partial charge in [0.15, 0.2) is 0 Å². The van der Waals surface area contributed by atoms with E-state index in [1.165, 1.54) is 5.56 Å². The van der Waals surface area contributed by atoms with Crippen LogP contribution in [0.5, 0.6) is 0 Å². The van der Waals surface area contributed by atoms with E-state index in [1.807, 2.05) is 18.2 Å². The average molecular weight is 191 g/mol. The highest BCUT2D eigenvalue weighted by molar-refractivity contribution is 7.09. The van der Waals surface area contributed by atoms with Crippen molar-refractivity contribution in [3.63, 3.8) is 0 Å². The van der Waals surface area contributed by atoms with E-state index in [1.54, 1.807) is 11.3 Å². The minimum Gasteiger partial charge on any atom is -0.352 e. The number of hydrogen-bond acceptors (Lipinski definition) is 2. The minimum absolute atomic E-state index is 0.775. The van der Waals surface area contributed by atoms with Crippen molar-refractivity contribution in [2.75, 3.05) is 0 Å². The summed E-state index contributed by atoms with van der Waals surface area (Å²) in [5, 5.41) is 3.18. The highest BCUT2D eigenvalue weighted by atomic mass is 32.1. The van der Waals surface area contributed by atoms with E-state index in [9.17, 15) is 0 Å². The van der Waals surface area contributed by atoms with Gasteiger partial charge in [-0.3, -0.25) is 0 Å². The first-order valence-electron chi connectivity index (χ1n) is 4.19. The van der Waals surface area contributed by atoms with E-state index in [4.69, 9.17) is 0 Å². The van der Waals surface area contributed by atoms with Crippen LogP contribution in [0.15, 0.2) is 35.7 Å². The summed E-state index contributed by atoms with van der Waals surface area (Å²) in [5.41, 5.74) is 6.05. The van der Waals surface area contributed by atoms with Crippen LogP contribution in [0.3, 0.4) is 0 Å². The molecule has 3 heteroatoms. The molecule has 0 atom stereocenters. The minimum atomic E-state index is 0.775. The van der Waals surface area contributed by atoms with Crippen LogP contribution in [0.4, 0.5) is 0 Å². The smallest absolute Gasteiger partial charge is 0.148 e. The Balaban J connectivity index is 2.36. The zero-order valence-corrected chi connectivity index (χ0v) is 8.05. The maximum Gasteiger partial charge on any atom is 0.148 e. The molecule has 0 bridgehead atoms. The first-order chi connectivity index (χ1) is 6.40. The second kappa shape index (κ2) is 3.68. The molecule has 0 amide bonds. The summed E-state index contributed by atoms with van der Waals surface area (Å²) in [5.74, 6) is 0. The summed E-state index contributed by atoms with van der Waals surface area (Å²) in [6, 6.07) is 10.2. The van der Waals surface area contributed by atoms with Gasteiger partial charge in [-0.05, 0) is 0 Å². The van der Waals surface area contributed by atoms with Crippen molar-refractivity contribution in [1.29, 1.82) is 0 Å². The lowest BCUT2D eigenvalue weighted by Crippen LogP contribution is -2.47. The molecule has 1 heterocycles. The van der Waals surface area contributed by atoms with Gasteiger partial charge in [0.2, 0.25) is 0 Å². The standard InChI is InChI=1S/C10H10N2S/c11-6-10-12-9(7-13-10)8-4-2-1-3-5-8/h1-5,7H,6,11H2/p+1. The number of aromatic nitrogens is 1. The normalized spacial score (nSPS) is 10.2. The van der Waals surface area contributed by atoms with Crippen LogP contribution in [-0.4, -0.2) is 4.98 Å². The Morgan fingerprint density at radius 1 is 1.23 bits per heavy atom. The van der Waals surface area contributed by atoms with Crippen LogP contribution in [0, 0.1) is 0 Å². The van der Waals surface area contributed by atoms with Gasteiger partial charge in [-0.15, -0.1) is 11.3 Å². The third kappa shape index (κ3) is 1.76. The molecular weight excluding hydrogens is 180 g/mol. The van der Waals surface area contributed by atoms with Crippen molar-refractivity contribution >= 4 is 11.3 Å². The number of rotatable bonds is 2. The molecule has 0 aliphatic carbocycles. The second-order valence-corrected chi connectivity index (χ2v) is 3.69. The van der Waals surface area contributed by atoms with Gasteiger partial charge in [-0.1, -0.05) is 30.3 Å². The first kappa shape index (κ1) is 8.41. The van der Waals surface area contributed by atoms with Crippen LogP contribution >= 0.6 is 11.3 Å². The molecule has 2 nitrogen and oxygen atoms in total. The van der Waals surface area contributed by atoms with Gasteiger partial charge in [0.25, 0.3) is 0 Å². The van der Waals surface area contributed by atoms with E-state index in [2.05, 4.69) is 28.2 Å². The zero-order valence-electron chi connectivity index (χ0n) is 7.23. The van der Waals surface area contributed by atoms with Crippen LogP contribution < -0.4 is 5.73 Å². The topological polar surface area (TPSA) is 40.5 Å². The molecule has 66 valence electrons. The monoisotopic (exact) mass is 191 g/mol. The first-order valence-corrected chi connectivity index (χ1v) is 5.07. The number of quaternary nitrogens is 1. The molecule has 0 saturated carbocycles. The average Bonchev–Trinajstić information content (AvgIpc) is 2.67. The highest BCUT2D eigenvalue weighted by Gasteiger charge is 2.02. The Bertz CT molecular complexity index is 381. The molecule has 0 radical (unpaired) electrons. The summed E-state index contributed by atoms with van der Waals surface area (Å²) in [4.78, 5) is 4.46. The van der Waals surface area contributed by atoms with E-state index in [0.29, 0.717) is 0 Å². The summed E-state index contributed by atoms with van der Waals surface area (Å²) >= 11 is 1.67. The van der Waals surface area contributed by atoms with Gasteiger partial charge in [0.1, 0.15) is 11.6 Å². The lowest BCUT2D eigenvalue weighted by atomic mass is 10.2. The van der Waals surface area contributed by atoms with E-state index >= 15 is 0 Å². The molecule has 13 heavy (non-hydrogen) atoms. The second-order valence-electron chi connectivity index (χ2n) is 2.74. The van der Waals surface area contributed by atoms with Crippen LogP contribution in [0.2, 0.25) is 0 Å². The van der Waals surface area contributed by atoms with E-state index < -0.39 is 0 Å². The van der Waals surface area contributed by atoms with Crippen molar-refractivity contribution in [2.45, 2.75) is 6.54 Å². The van der Waals surface area contributed by atoms with Crippen LogP contribution in [0.25, 0.3) is 11.3 Å². The Morgan fingerprint density at radius 3 is 2.62 bits per heavy atom. The molecule has 0 spiro atoms. The van der Waals surface area contributed by atoms with Crippen molar-refractivity contribution in [1.82, 2.24) is 4.98 Å². The fourth-order valence-electron chi connectivity index (χ4n) is 1.17. The molecule has 0 aliphatic heterocycles. The van der Waals surface area contributed by atoms with Gasteiger partial charge >= 0.3 is 0 Å². The summed E-state index contributed by atoms with van der Waals surface area (Å²) in [6.45, 7) is 0.775. The van der Waals surface area contributed by atoms with Crippen molar-refractivity contribution in [3.05, 3.63) is 40.7 Å². The maximum atomic E-state index is 4.46. The predicted molar refractivity (Wildman–Crippen MR) is 54.1 cm³/mol. The molecule has 0 unspecified atom stereocenters. The maximum absolute atomic E-state index is 4.46. The Labute approximate surface area is 81.1 Å². The summed E-state index contributed by atoms with van der Waals surface area (Å²) in [6.07, 6.45) is 0. The van der Waals surface area contributed by atoms with Crippen LogP contribution in [-0.2, 0) is 6.54 Å². The third-order valence-electron chi connectivity index (χ3n) is 1.84. The fourth-order valence-corrected chi connectivity index (χ4v) is 1.87. The van der Waals surface area contributed by atoms with Gasteiger partial charge in [0.05, 0.1) is 5.69 Å². The van der Waals surface area contributed by atoms with Crippen LogP contribution in [0.1, 0.15) is 5.01 Å². The Hall–Kier alpha value is -1.19. The van der Waals surface area contributed by atoms with Crippen molar-refractivity contribution in [3.8, 4) is 11.3 Å². The molecule has 0 fully saturated rings. The Morgan fingerprint density at radius 2 is 2.00 bits per heavy atom. The van der Waals surface area contributed by atoms with E-state index in [-0.39, 0.29) is 0 Å². The molecule has 2 rings (SSSR count). The highest BCUT2D eigenvalue weighted by Crippen LogP contribution is 2.20. The lowest BCUT2D eigenvalue weighted by Gasteiger charge is -1.93. The molecule has 1 aromatic heterocycles.